The van der Waals surface area contributed by atoms with Crippen molar-refractivity contribution in [1.29, 1.82) is 0 Å². The number of halogens is 2. The molecule has 0 aliphatic heterocycles. The van der Waals surface area contributed by atoms with Crippen molar-refractivity contribution in [3.63, 3.8) is 0 Å². The lowest BCUT2D eigenvalue weighted by Crippen LogP contribution is -2.26. The minimum atomic E-state index is -0.314. The highest BCUT2D eigenvalue weighted by atomic mass is 35.5. The van der Waals surface area contributed by atoms with Gasteiger partial charge in [-0.05, 0) is 32.3 Å². The Labute approximate surface area is 121 Å². The summed E-state index contributed by atoms with van der Waals surface area (Å²) in [6, 6.07) is 4.75. The summed E-state index contributed by atoms with van der Waals surface area (Å²) in [4.78, 5) is 6.21. The fourth-order valence-corrected chi connectivity index (χ4v) is 2.00. The Kier molecular flexibility index (Phi) is 4.42. The molecule has 1 aromatic carbocycles. The first-order chi connectivity index (χ1) is 8.97. The summed E-state index contributed by atoms with van der Waals surface area (Å²) in [6.45, 7) is 0.627. The van der Waals surface area contributed by atoms with Gasteiger partial charge >= 0.3 is 0 Å². The quantitative estimate of drug-likeness (QED) is 0.940. The van der Waals surface area contributed by atoms with E-state index in [1.807, 2.05) is 19.0 Å². The molecule has 2 aromatic rings. The summed E-state index contributed by atoms with van der Waals surface area (Å²) in [7, 11) is 3.85. The van der Waals surface area contributed by atoms with Gasteiger partial charge in [0.05, 0.1) is 16.6 Å². The third-order valence-electron chi connectivity index (χ3n) is 2.49. The fourth-order valence-electron chi connectivity index (χ4n) is 1.63. The van der Waals surface area contributed by atoms with Gasteiger partial charge in [-0.15, -0.1) is 0 Å². The van der Waals surface area contributed by atoms with Crippen LogP contribution in [0.5, 0.6) is 0 Å². The third kappa shape index (κ3) is 3.45. The van der Waals surface area contributed by atoms with Gasteiger partial charge in [-0.2, -0.15) is 4.98 Å². The van der Waals surface area contributed by atoms with Crippen LogP contribution in [-0.4, -0.2) is 35.7 Å². The van der Waals surface area contributed by atoms with Crippen LogP contribution in [0.25, 0.3) is 11.5 Å². The van der Waals surface area contributed by atoms with Crippen LogP contribution < -0.4 is 5.73 Å². The molecule has 0 saturated heterocycles. The molecule has 0 radical (unpaired) electrons. The Morgan fingerprint density at radius 3 is 2.79 bits per heavy atom. The minimum Gasteiger partial charge on any atom is -0.334 e. The van der Waals surface area contributed by atoms with E-state index in [0.29, 0.717) is 33.9 Å². The molecule has 1 heterocycles. The number of rotatable bonds is 4. The molecule has 5 nitrogen and oxygen atoms in total. The topological polar surface area (TPSA) is 68.2 Å². The SMILES string of the molecule is CN(C)CC(N)c1noc(-c2cc(Cl)ccc2Cl)n1. The molecule has 0 spiro atoms. The Morgan fingerprint density at radius 2 is 2.11 bits per heavy atom. The molecule has 0 fully saturated rings. The summed E-state index contributed by atoms with van der Waals surface area (Å²) in [5.41, 5.74) is 6.57. The maximum Gasteiger partial charge on any atom is 0.259 e. The van der Waals surface area contributed by atoms with Crippen molar-refractivity contribution < 1.29 is 4.52 Å². The molecule has 19 heavy (non-hydrogen) atoms. The van der Waals surface area contributed by atoms with E-state index >= 15 is 0 Å². The van der Waals surface area contributed by atoms with Gasteiger partial charge in [-0.25, -0.2) is 0 Å². The number of benzene rings is 1. The Morgan fingerprint density at radius 1 is 1.37 bits per heavy atom. The highest BCUT2D eigenvalue weighted by Gasteiger charge is 2.17. The van der Waals surface area contributed by atoms with Crippen molar-refractivity contribution >= 4 is 23.2 Å². The van der Waals surface area contributed by atoms with Gasteiger partial charge in [0.2, 0.25) is 0 Å². The molecule has 0 saturated carbocycles. The Balaban J connectivity index is 2.28. The van der Waals surface area contributed by atoms with E-state index in [2.05, 4.69) is 10.1 Å². The molecule has 0 bridgehead atoms. The zero-order chi connectivity index (χ0) is 14.0. The van der Waals surface area contributed by atoms with Crippen LogP contribution in [0, 0.1) is 0 Å². The monoisotopic (exact) mass is 300 g/mol. The first kappa shape index (κ1) is 14.3. The summed E-state index contributed by atoms with van der Waals surface area (Å²) >= 11 is 12.0. The lowest BCUT2D eigenvalue weighted by molar-refractivity contribution is 0.357. The first-order valence-corrected chi connectivity index (χ1v) is 6.42. The van der Waals surface area contributed by atoms with Crippen molar-refractivity contribution in [2.24, 2.45) is 5.73 Å². The predicted octanol–water partition coefficient (Wildman–Crippen LogP) is 2.60. The van der Waals surface area contributed by atoms with Crippen molar-refractivity contribution in [2.75, 3.05) is 20.6 Å². The molecule has 102 valence electrons. The predicted molar refractivity (Wildman–Crippen MR) is 75.2 cm³/mol. The molecule has 1 aromatic heterocycles. The summed E-state index contributed by atoms with van der Waals surface area (Å²) in [6.07, 6.45) is 0. The molecule has 7 heteroatoms. The molecular formula is C12H14Cl2N4O. The number of hydrogen-bond donors (Lipinski definition) is 1. The normalized spacial score (nSPS) is 12.9. The van der Waals surface area contributed by atoms with Crippen LogP contribution in [0.1, 0.15) is 11.9 Å². The average Bonchev–Trinajstić information content (AvgIpc) is 2.80. The van der Waals surface area contributed by atoms with Gasteiger partial charge in [0, 0.05) is 11.6 Å². The van der Waals surface area contributed by atoms with Gasteiger partial charge in [0.1, 0.15) is 0 Å². The second-order valence-corrected chi connectivity index (χ2v) is 5.29. The van der Waals surface area contributed by atoms with E-state index in [4.69, 9.17) is 33.5 Å². The van der Waals surface area contributed by atoms with Gasteiger partial charge < -0.3 is 15.2 Å². The van der Waals surface area contributed by atoms with Crippen molar-refractivity contribution in [3.05, 3.63) is 34.1 Å². The summed E-state index contributed by atoms with van der Waals surface area (Å²) < 4.78 is 5.19. The van der Waals surface area contributed by atoms with E-state index in [1.54, 1.807) is 18.2 Å². The van der Waals surface area contributed by atoms with Crippen molar-refractivity contribution in [2.45, 2.75) is 6.04 Å². The summed E-state index contributed by atoms with van der Waals surface area (Å²) in [5.74, 6) is 0.761. The van der Waals surface area contributed by atoms with E-state index in [1.165, 1.54) is 0 Å². The minimum absolute atomic E-state index is 0.314. The second kappa shape index (κ2) is 5.88. The zero-order valence-corrected chi connectivity index (χ0v) is 12.1. The molecule has 1 unspecified atom stereocenters. The largest absolute Gasteiger partial charge is 0.334 e. The first-order valence-electron chi connectivity index (χ1n) is 5.66. The van der Waals surface area contributed by atoms with Crippen LogP contribution in [0.15, 0.2) is 22.7 Å². The molecule has 1 atom stereocenters. The summed E-state index contributed by atoms with van der Waals surface area (Å²) in [5, 5.41) is 4.93. The van der Waals surface area contributed by atoms with E-state index in [-0.39, 0.29) is 6.04 Å². The molecular weight excluding hydrogens is 287 g/mol. The lowest BCUT2D eigenvalue weighted by atomic mass is 10.2. The molecule has 0 amide bonds. The number of likely N-dealkylation sites (N-methyl/N-ethyl adjacent to an activating group) is 1. The van der Waals surface area contributed by atoms with Gasteiger partial charge in [0.15, 0.2) is 5.82 Å². The van der Waals surface area contributed by atoms with Gasteiger partial charge in [-0.3, -0.25) is 0 Å². The number of nitrogens with two attached hydrogens (primary N) is 1. The molecule has 2 rings (SSSR count). The Hall–Kier alpha value is -1.14. The average molecular weight is 301 g/mol. The van der Waals surface area contributed by atoms with E-state index in [0.717, 1.165) is 0 Å². The number of nitrogens with zero attached hydrogens (tertiary/aromatic N) is 3. The smallest absolute Gasteiger partial charge is 0.259 e. The second-order valence-electron chi connectivity index (χ2n) is 4.45. The van der Waals surface area contributed by atoms with Gasteiger partial charge in [0.25, 0.3) is 5.89 Å². The zero-order valence-electron chi connectivity index (χ0n) is 10.6. The van der Waals surface area contributed by atoms with Crippen LogP contribution in [0.4, 0.5) is 0 Å². The maximum absolute atomic E-state index is 6.08. The van der Waals surface area contributed by atoms with Crippen LogP contribution in [0.2, 0.25) is 10.0 Å². The van der Waals surface area contributed by atoms with Crippen LogP contribution >= 0.6 is 23.2 Å². The highest BCUT2D eigenvalue weighted by molar-refractivity contribution is 6.35. The van der Waals surface area contributed by atoms with Crippen molar-refractivity contribution in [3.8, 4) is 11.5 Å². The number of aromatic nitrogens is 2. The standard InChI is InChI=1S/C12H14Cl2N4O/c1-18(2)6-10(15)11-16-12(19-17-11)8-5-7(13)3-4-9(8)14/h3-5,10H,6,15H2,1-2H3. The Bertz CT molecular complexity index is 571. The van der Waals surface area contributed by atoms with E-state index in [9.17, 15) is 0 Å². The van der Waals surface area contributed by atoms with E-state index < -0.39 is 0 Å². The number of hydrogen-bond acceptors (Lipinski definition) is 5. The van der Waals surface area contributed by atoms with Gasteiger partial charge in [-0.1, -0.05) is 28.4 Å². The van der Waals surface area contributed by atoms with Crippen LogP contribution in [-0.2, 0) is 0 Å². The molecule has 0 aliphatic rings. The lowest BCUT2D eigenvalue weighted by Gasteiger charge is -2.12. The molecule has 0 aliphatic carbocycles. The molecule has 2 N–H and O–H groups in total. The fraction of sp³-hybridized carbons (Fsp3) is 0.333. The maximum atomic E-state index is 6.08. The highest BCUT2D eigenvalue weighted by Crippen LogP contribution is 2.29. The van der Waals surface area contributed by atoms with Crippen LogP contribution in [0.3, 0.4) is 0 Å². The van der Waals surface area contributed by atoms with Crippen molar-refractivity contribution in [1.82, 2.24) is 15.0 Å². The third-order valence-corrected chi connectivity index (χ3v) is 3.06.